The molecular weight excluding hydrogens is 688 g/mol. The van der Waals surface area contributed by atoms with Gasteiger partial charge in [-0.1, -0.05) is 17.7 Å². The van der Waals surface area contributed by atoms with Crippen LogP contribution < -0.4 is 20.7 Å². The van der Waals surface area contributed by atoms with E-state index >= 15 is 0 Å². The zero-order chi connectivity index (χ0) is 38.3. The number of ether oxygens (including phenoxy) is 1. The maximum Gasteiger partial charge on any atom is 0.337 e. The SMILES string of the molecule is CNC.COc1cc(N=Nc2cc(COO)cc(COO)c2)ccc1Nc1nc(O)nc(Nc2ccc(N=Nc3ccc(C)cc3C(=O)O)c(C)c2)n1. The summed E-state index contributed by atoms with van der Waals surface area (Å²) in [6.45, 7) is 3.43. The van der Waals surface area contributed by atoms with Crippen LogP contribution in [0.1, 0.15) is 32.6 Å². The minimum Gasteiger partial charge on any atom is -0.494 e. The van der Waals surface area contributed by atoms with Crippen molar-refractivity contribution in [3.63, 3.8) is 0 Å². The molecule has 0 aliphatic heterocycles. The average molecular weight is 727 g/mol. The second-order valence-electron chi connectivity index (χ2n) is 11.2. The molecule has 4 aromatic carbocycles. The molecule has 18 nitrogen and oxygen atoms in total. The van der Waals surface area contributed by atoms with Crippen LogP contribution >= 0.6 is 0 Å². The fraction of sp³-hybridized carbons (Fsp3) is 0.200. The Bertz CT molecular complexity index is 2070. The number of aromatic hydroxyl groups is 1. The van der Waals surface area contributed by atoms with E-state index in [0.717, 1.165) is 11.1 Å². The quantitative estimate of drug-likeness (QED) is 0.0325. The first-order valence-electron chi connectivity index (χ1n) is 15.7. The number of carboxylic acid groups (broad SMARTS) is 1. The highest BCUT2D eigenvalue weighted by Crippen LogP contribution is 2.33. The molecule has 0 saturated heterocycles. The minimum atomic E-state index is -1.09. The Morgan fingerprint density at radius 3 is 1.98 bits per heavy atom. The van der Waals surface area contributed by atoms with E-state index in [4.69, 9.17) is 15.3 Å². The average Bonchev–Trinajstić information content (AvgIpc) is 3.11. The predicted octanol–water partition coefficient (Wildman–Crippen LogP) is 8.03. The lowest BCUT2D eigenvalue weighted by Gasteiger charge is -2.12. The summed E-state index contributed by atoms with van der Waals surface area (Å²) in [6, 6.07) is 19.5. The number of aromatic nitrogens is 3. The molecule has 0 bridgehead atoms. The van der Waals surface area contributed by atoms with Crippen LogP contribution in [-0.4, -0.2) is 62.9 Å². The van der Waals surface area contributed by atoms with Gasteiger partial charge >= 0.3 is 12.0 Å². The summed E-state index contributed by atoms with van der Waals surface area (Å²) in [5.74, 6) is -0.660. The van der Waals surface area contributed by atoms with E-state index in [9.17, 15) is 15.0 Å². The molecule has 5 aromatic rings. The van der Waals surface area contributed by atoms with E-state index in [-0.39, 0.29) is 36.4 Å². The van der Waals surface area contributed by atoms with Crippen LogP contribution in [0.3, 0.4) is 0 Å². The standard InChI is InChI=1S/C33H31N9O8.C2H7N/c1-18-4-7-27(25(10-18)30(43)44)42-41-26-8-5-22(11-19(26)2)34-31-36-32(38-33(45)37-31)35-28-9-6-23(15-29(28)48-3)39-40-24-13-20(16-49-46)12-21(14-24)17-50-47;1-3-2/h4-15,46-47H,16-17H2,1-3H3,(H,43,44)(H3,34,35,36,37,38,45);3H,1-2H3. The molecule has 1 aromatic heterocycles. The smallest absolute Gasteiger partial charge is 0.337 e. The van der Waals surface area contributed by atoms with Gasteiger partial charge in [-0.15, -0.1) is 5.11 Å². The van der Waals surface area contributed by atoms with Crippen molar-refractivity contribution in [2.75, 3.05) is 31.8 Å². The van der Waals surface area contributed by atoms with Crippen molar-refractivity contribution in [2.24, 2.45) is 20.5 Å². The molecule has 0 atom stereocenters. The van der Waals surface area contributed by atoms with Crippen molar-refractivity contribution in [3.8, 4) is 11.8 Å². The zero-order valence-electron chi connectivity index (χ0n) is 29.4. The number of carboxylic acids is 1. The van der Waals surface area contributed by atoms with Crippen molar-refractivity contribution in [2.45, 2.75) is 27.1 Å². The second-order valence-corrected chi connectivity index (χ2v) is 11.2. The fourth-order valence-electron chi connectivity index (χ4n) is 4.66. The number of nitrogens with one attached hydrogen (secondary N) is 3. The van der Waals surface area contributed by atoms with Crippen molar-refractivity contribution in [1.29, 1.82) is 0 Å². The second kappa shape index (κ2) is 19.2. The van der Waals surface area contributed by atoms with E-state index in [1.807, 2.05) is 21.0 Å². The molecule has 0 unspecified atom stereocenters. The molecule has 0 radical (unpaired) electrons. The summed E-state index contributed by atoms with van der Waals surface area (Å²) in [5.41, 5.74) is 5.43. The molecule has 0 amide bonds. The molecule has 276 valence electrons. The number of carbonyl (C=O) groups is 1. The Labute approximate surface area is 303 Å². The third-order valence-corrected chi connectivity index (χ3v) is 6.94. The molecule has 0 aliphatic rings. The van der Waals surface area contributed by atoms with Gasteiger partial charge in [0.2, 0.25) is 11.9 Å². The number of hydrogen-bond donors (Lipinski definition) is 7. The topological polar surface area (TPSA) is 250 Å². The molecule has 0 spiro atoms. The van der Waals surface area contributed by atoms with Gasteiger partial charge in [-0.3, -0.25) is 10.5 Å². The minimum absolute atomic E-state index is 0.0173. The van der Waals surface area contributed by atoms with E-state index in [2.05, 4.69) is 61.1 Å². The summed E-state index contributed by atoms with van der Waals surface area (Å²) >= 11 is 0. The van der Waals surface area contributed by atoms with Gasteiger partial charge in [-0.05, 0) is 99.2 Å². The van der Waals surface area contributed by atoms with Gasteiger partial charge in [0, 0.05) is 11.8 Å². The van der Waals surface area contributed by atoms with Crippen molar-refractivity contribution in [3.05, 3.63) is 101 Å². The van der Waals surface area contributed by atoms with Crippen LogP contribution in [0, 0.1) is 13.8 Å². The van der Waals surface area contributed by atoms with Gasteiger partial charge < -0.3 is 30.9 Å². The lowest BCUT2D eigenvalue weighted by molar-refractivity contribution is -0.254. The van der Waals surface area contributed by atoms with Crippen LogP contribution in [0.4, 0.5) is 46.0 Å². The fourth-order valence-corrected chi connectivity index (χ4v) is 4.66. The van der Waals surface area contributed by atoms with Gasteiger partial charge in [0.05, 0.1) is 35.4 Å². The summed E-state index contributed by atoms with van der Waals surface area (Å²) in [6.07, 6.45) is 0. The largest absolute Gasteiger partial charge is 0.494 e. The molecule has 1 heterocycles. The van der Waals surface area contributed by atoms with Gasteiger partial charge in [0.1, 0.15) is 24.7 Å². The third kappa shape index (κ3) is 11.5. The molecule has 7 N–H and O–H groups in total. The Kier molecular flexibility index (Phi) is 14.3. The molecular formula is C35H38N10O8. The maximum atomic E-state index is 11.6. The van der Waals surface area contributed by atoms with Gasteiger partial charge in [-0.2, -0.15) is 30.3 Å². The van der Waals surface area contributed by atoms with Gasteiger partial charge in [0.15, 0.2) is 0 Å². The summed E-state index contributed by atoms with van der Waals surface area (Å²) in [7, 11) is 5.22. The Balaban J connectivity index is 0.00000202. The highest BCUT2D eigenvalue weighted by Gasteiger charge is 2.13. The van der Waals surface area contributed by atoms with Crippen LogP contribution in [0.25, 0.3) is 0 Å². The number of aryl methyl sites for hydroxylation is 2. The van der Waals surface area contributed by atoms with Crippen LogP contribution in [0.5, 0.6) is 11.8 Å². The first-order valence-corrected chi connectivity index (χ1v) is 15.7. The van der Waals surface area contributed by atoms with Crippen molar-refractivity contribution >= 4 is 52.0 Å². The van der Waals surface area contributed by atoms with Gasteiger partial charge in [-0.25, -0.2) is 14.6 Å². The molecule has 18 heteroatoms. The molecule has 53 heavy (non-hydrogen) atoms. The summed E-state index contributed by atoms with van der Waals surface area (Å²) in [5, 5.41) is 63.0. The van der Waals surface area contributed by atoms with Crippen LogP contribution in [-0.2, 0) is 23.0 Å². The van der Waals surface area contributed by atoms with Crippen LogP contribution in [0.15, 0.2) is 93.3 Å². The Morgan fingerprint density at radius 1 is 0.736 bits per heavy atom. The number of benzene rings is 4. The van der Waals surface area contributed by atoms with Crippen molar-refractivity contribution < 1.29 is 40.0 Å². The Morgan fingerprint density at radius 2 is 1.36 bits per heavy atom. The molecule has 5 rings (SSSR count). The summed E-state index contributed by atoms with van der Waals surface area (Å²) < 4.78 is 5.52. The van der Waals surface area contributed by atoms with Crippen molar-refractivity contribution in [1.82, 2.24) is 20.3 Å². The number of anilines is 4. The molecule has 0 fully saturated rings. The number of methoxy groups -OCH3 is 1. The predicted molar refractivity (Wildman–Crippen MR) is 195 cm³/mol. The number of azo groups is 2. The molecule has 0 aliphatic carbocycles. The van der Waals surface area contributed by atoms with E-state index in [0.29, 0.717) is 45.3 Å². The maximum absolute atomic E-state index is 11.6. The normalized spacial score (nSPS) is 11.0. The number of rotatable bonds is 14. The first kappa shape index (κ1) is 39.3. The van der Waals surface area contributed by atoms with Gasteiger partial charge in [0.25, 0.3) is 0 Å². The summed E-state index contributed by atoms with van der Waals surface area (Å²) in [4.78, 5) is 32.3. The lowest BCUT2D eigenvalue weighted by atomic mass is 10.1. The van der Waals surface area contributed by atoms with E-state index in [1.54, 1.807) is 73.7 Å². The highest BCUT2D eigenvalue weighted by molar-refractivity contribution is 5.93. The highest BCUT2D eigenvalue weighted by atomic mass is 17.1. The zero-order valence-corrected chi connectivity index (χ0v) is 29.4. The Hall–Kier alpha value is -6.44. The lowest BCUT2D eigenvalue weighted by Crippen LogP contribution is -2.04. The van der Waals surface area contributed by atoms with E-state index in [1.165, 1.54) is 13.2 Å². The first-order chi connectivity index (χ1) is 25.5. The number of aromatic carboxylic acids is 1. The third-order valence-electron chi connectivity index (χ3n) is 6.94. The van der Waals surface area contributed by atoms with Crippen LogP contribution in [0.2, 0.25) is 0 Å². The number of nitrogens with zero attached hydrogens (tertiary/aromatic N) is 7. The monoisotopic (exact) mass is 726 g/mol. The number of hydrogen-bond acceptors (Lipinski definition) is 17. The molecule has 0 saturated carbocycles. The van der Waals surface area contributed by atoms with E-state index < -0.39 is 12.0 Å².